The highest BCUT2D eigenvalue weighted by atomic mass is 32.2. The van der Waals surface area contributed by atoms with Gasteiger partial charge >= 0.3 is 0 Å². The zero-order chi connectivity index (χ0) is 15.1. The molecule has 3 N–H and O–H groups in total. The maximum atomic E-state index is 12.1. The van der Waals surface area contributed by atoms with E-state index in [1.165, 1.54) is 11.8 Å². The number of aryl methyl sites for hydroxylation is 1. The lowest BCUT2D eigenvalue weighted by Gasteiger charge is -2.16. The van der Waals surface area contributed by atoms with E-state index in [1.807, 2.05) is 25.3 Å². The summed E-state index contributed by atoms with van der Waals surface area (Å²) in [4.78, 5) is 12.1. The molecule has 6 nitrogen and oxygen atoms in total. The Morgan fingerprint density at radius 1 is 1.45 bits per heavy atom. The van der Waals surface area contributed by atoms with Gasteiger partial charge in [-0.1, -0.05) is 25.1 Å². The lowest BCUT2D eigenvalue weighted by molar-refractivity contribution is -0.120. The van der Waals surface area contributed by atoms with Crippen LogP contribution in [0.25, 0.3) is 0 Å². The highest BCUT2D eigenvalue weighted by molar-refractivity contribution is 8.00. The summed E-state index contributed by atoms with van der Waals surface area (Å²) in [5, 5.41) is 11.7. The van der Waals surface area contributed by atoms with Crippen molar-refractivity contribution >= 4 is 17.7 Å². The molecule has 0 saturated carbocycles. The maximum Gasteiger partial charge on any atom is 0.233 e. The van der Waals surface area contributed by atoms with Crippen LogP contribution in [0.4, 0.5) is 0 Å². The highest BCUT2D eigenvalue weighted by Gasteiger charge is 2.19. The molecule has 2 atom stereocenters. The zero-order valence-electron chi connectivity index (χ0n) is 12.7. The number of carbonyl (C=O) groups excluding carboxylic acids is 1. The number of amides is 1. The van der Waals surface area contributed by atoms with Crippen molar-refractivity contribution < 1.29 is 4.79 Å². The Hall–Kier alpha value is -1.08. The Bertz CT molecular complexity index is 434. The monoisotopic (exact) mass is 299 g/mol. The van der Waals surface area contributed by atoms with E-state index in [0.717, 1.165) is 23.8 Å². The number of aromatic nitrogens is 3. The first-order valence-corrected chi connectivity index (χ1v) is 7.94. The molecule has 1 heterocycles. The van der Waals surface area contributed by atoms with Crippen molar-refractivity contribution in [3.05, 3.63) is 5.82 Å². The first kappa shape index (κ1) is 17.0. The zero-order valence-corrected chi connectivity index (χ0v) is 13.5. The van der Waals surface area contributed by atoms with Gasteiger partial charge in [0.05, 0.1) is 5.25 Å². The minimum atomic E-state index is -0.200. The normalized spacial score (nSPS) is 14.1. The van der Waals surface area contributed by atoms with Crippen molar-refractivity contribution in [3.63, 3.8) is 0 Å². The maximum absolute atomic E-state index is 12.1. The van der Waals surface area contributed by atoms with E-state index in [4.69, 9.17) is 5.73 Å². The highest BCUT2D eigenvalue weighted by Crippen LogP contribution is 2.22. The van der Waals surface area contributed by atoms with Crippen molar-refractivity contribution in [2.45, 2.75) is 63.5 Å². The molecular formula is C13H25N5OS. The topological polar surface area (TPSA) is 85.8 Å². The van der Waals surface area contributed by atoms with E-state index in [2.05, 4.69) is 22.4 Å². The standard InChI is InChI=1S/C13H25N5OS/c1-5-6-9(2)15-12(19)10(3)20-13-17-16-11(4)18(13)8-7-14/h9-10H,5-8,14H2,1-4H3,(H,15,19). The van der Waals surface area contributed by atoms with Crippen LogP contribution in [0.3, 0.4) is 0 Å². The number of hydrogen-bond acceptors (Lipinski definition) is 5. The van der Waals surface area contributed by atoms with Crippen LogP contribution in [-0.4, -0.2) is 38.5 Å². The summed E-state index contributed by atoms with van der Waals surface area (Å²) in [6.07, 6.45) is 2.05. The van der Waals surface area contributed by atoms with Crippen LogP contribution < -0.4 is 11.1 Å². The second kappa shape index (κ2) is 8.26. The number of nitrogens with one attached hydrogen (secondary N) is 1. The minimum Gasteiger partial charge on any atom is -0.353 e. The predicted molar refractivity (Wildman–Crippen MR) is 81.6 cm³/mol. The van der Waals surface area contributed by atoms with Gasteiger partial charge in [0, 0.05) is 19.1 Å². The molecule has 20 heavy (non-hydrogen) atoms. The number of hydrogen-bond donors (Lipinski definition) is 2. The second-order valence-electron chi connectivity index (χ2n) is 4.93. The SMILES string of the molecule is CCCC(C)NC(=O)C(C)Sc1nnc(C)n1CCN. The van der Waals surface area contributed by atoms with Gasteiger partial charge in [0.1, 0.15) is 5.82 Å². The van der Waals surface area contributed by atoms with E-state index < -0.39 is 0 Å². The fraction of sp³-hybridized carbons (Fsp3) is 0.769. The van der Waals surface area contributed by atoms with Crippen molar-refractivity contribution in [2.24, 2.45) is 5.73 Å². The lowest BCUT2D eigenvalue weighted by Crippen LogP contribution is -2.37. The third-order valence-corrected chi connectivity index (χ3v) is 4.10. The number of thioether (sulfide) groups is 1. The molecule has 1 aromatic rings. The molecule has 0 aliphatic carbocycles. The summed E-state index contributed by atoms with van der Waals surface area (Å²) in [5.74, 6) is 0.862. The van der Waals surface area contributed by atoms with Crippen LogP contribution in [0, 0.1) is 6.92 Å². The van der Waals surface area contributed by atoms with Gasteiger partial charge in [-0.05, 0) is 27.2 Å². The molecule has 0 spiro atoms. The van der Waals surface area contributed by atoms with Gasteiger partial charge in [-0.2, -0.15) is 0 Å². The molecule has 2 unspecified atom stereocenters. The third kappa shape index (κ3) is 4.79. The minimum absolute atomic E-state index is 0.0379. The lowest BCUT2D eigenvalue weighted by atomic mass is 10.2. The summed E-state index contributed by atoms with van der Waals surface area (Å²) >= 11 is 1.42. The van der Waals surface area contributed by atoms with Crippen LogP contribution in [0.2, 0.25) is 0 Å². The Kier molecular flexibility index (Phi) is 7.01. The average molecular weight is 299 g/mol. The average Bonchev–Trinajstić information content (AvgIpc) is 2.72. The Morgan fingerprint density at radius 3 is 2.75 bits per heavy atom. The molecule has 114 valence electrons. The quantitative estimate of drug-likeness (QED) is 0.707. The van der Waals surface area contributed by atoms with Crippen molar-refractivity contribution in [2.75, 3.05) is 6.54 Å². The van der Waals surface area contributed by atoms with Crippen molar-refractivity contribution in [1.29, 1.82) is 0 Å². The second-order valence-corrected chi connectivity index (χ2v) is 6.24. The molecule has 0 radical (unpaired) electrons. The first-order chi connectivity index (χ1) is 9.49. The molecule has 1 aromatic heterocycles. The number of rotatable bonds is 8. The van der Waals surface area contributed by atoms with Crippen LogP contribution in [0.1, 0.15) is 39.4 Å². The van der Waals surface area contributed by atoms with Gasteiger partial charge in [0.25, 0.3) is 0 Å². The molecule has 0 bridgehead atoms. The van der Waals surface area contributed by atoms with E-state index in [1.54, 1.807) is 0 Å². The summed E-state index contributed by atoms with van der Waals surface area (Å²) in [5.41, 5.74) is 5.58. The third-order valence-electron chi connectivity index (χ3n) is 3.02. The van der Waals surface area contributed by atoms with Gasteiger partial charge in [-0.25, -0.2) is 0 Å². The molecule has 0 aromatic carbocycles. The fourth-order valence-electron chi connectivity index (χ4n) is 1.91. The summed E-state index contributed by atoms with van der Waals surface area (Å²) in [7, 11) is 0. The van der Waals surface area contributed by atoms with Gasteiger partial charge < -0.3 is 15.6 Å². The molecular weight excluding hydrogens is 274 g/mol. The first-order valence-electron chi connectivity index (χ1n) is 7.06. The number of nitrogens with two attached hydrogens (primary N) is 1. The van der Waals surface area contributed by atoms with Crippen LogP contribution >= 0.6 is 11.8 Å². The molecule has 0 aliphatic rings. The molecule has 1 amide bonds. The Balaban J connectivity index is 2.61. The van der Waals surface area contributed by atoms with E-state index >= 15 is 0 Å². The van der Waals surface area contributed by atoms with Gasteiger partial charge in [0.2, 0.25) is 5.91 Å². The van der Waals surface area contributed by atoms with Crippen molar-refractivity contribution in [3.8, 4) is 0 Å². The molecule has 7 heteroatoms. The van der Waals surface area contributed by atoms with Gasteiger partial charge in [-0.3, -0.25) is 4.79 Å². The van der Waals surface area contributed by atoms with Crippen LogP contribution in [-0.2, 0) is 11.3 Å². The largest absolute Gasteiger partial charge is 0.353 e. The number of nitrogens with zero attached hydrogens (tertiary/aromatic N) is 3. The smallest absolute Gasteiger partial charge is 0.233 e. The van der Waals surface area contributed by atoms with E-state index in [0.29, 0.717) is 13.1 Å². The van der Waals surface area contributed by atoms with Gasteiger partial charge in [-0.15, -0.1) is 10.2 Å². The fourth-order valence-corrected chi connectivity index (χ4v) is 2.84. The molecule has 0 saturated heterocycles. The Labute approximate surface area is 124 Å². The molecule has 0 aliphatic heterocycles. The summed E-state index contributed by atoms with van der Waals surface area (Å²) in [6, 6.07) is 0.208. The summed E-state index contributed by atoms with van der Waals surface area (Å²) < 4.78 is 1.95. The number of carbonyl (C=O) groups is 1. The van der Waals surface area contributed by atoms with E-state index in [9.17, 15) is 4.79 Å². The van der Waals surface area contributed by atoms with E-state index in [-0.39, 0.29) is 17.2 Å². The van der Waals surface area contributed by atoms with Crippen LogP contribution in [0.5, 0.6) is 0 Å². The van der Waals surface area contributed by atoms with Crippen LogP contribution in [0.15, 0.2) is 5.16 Å². The van der Waals surface area contributed by atoms with Gasteiger partial charge in [0.15, 0.2) is 5.16 Å². The Morgan fingerprint density at radius 2 is 2.15 bits per heavy atom. The summed E-state index contributed by atoms with van der Waals surface area (Å²) in [6.45, 7) is 9.11. The molecule has 0 fully saturated rings. The predicted octanol–water partition coefficient (Wildman–Crippen LogP) is 1.33. The molecule has 1 rings (SSSR count). The van der Waals surface area contributed by atoms with Crippen molar-refractivity contribution in [1.82, 2.24) is 20.1 Å².